The average Bonchev–Trinajstić information content (AvgIpc) is 2.31. The second kappa shape index (κ2) is 5.57. The topological polar surface area (TPSA) is 67.8 Å². The van der Waals surface area contributed by atoms with E-state index in [1.54, 1.807) is 25.3 Å². The molecule has 0 unspecified atom stereocenters. The molecular weight excluding hydrogens is 367 g/mol. The summed E-state index contributed by atoms with van der Waals surface area (Å²) in [6.07, 6.45) is 1.66. The molecule has 0 aliphatic rings. The molecule has 2 rings (SSSR count). The maximum atomic E-state index is 11.9. The first-order valence-electron chi connectivity index (χ1n) is 4.99. The van der Waals surface area contributed by atoms with E-state index in [1.807, 2.05) is 6.07 Å². The molecule has 0 atom stereocenters. The van der Waals surface area contributed by atoms with Crippen molar-refractivity contribution in [3.63, 3.8) is 0 Å². The van der Waals surface area contributed by atoms with E-state index >= 15 is 0 Å². The van der Waals surface area contributed by atoms with E-state index in [-0.39, 0.29) is 16.9 Å². The van der Waals surface area contributed by atoms with Crippen LogP contribution in [0.1, 0.15) is 16.2 Å². The van der Waals surface area contributed by atoms with Crippen molar-refractivity contribution in [3.05, 3.63) is 44.6 Å². The van der Waals surface area contributed by atoms with Crippen LogP contribution in [0.4, 0.5) is 5.82 Å². The number of amides is 1. The van der Waals surface area contributed by atoms with Crippen molar-refractivity contribution in [3.8, 4) is 0 Å². The van der Waals surface area contributed by atoms with Gasteiger partial charge in [0.05, 0.1) is 0 Å². The van der Waals surface area contributed by atoms with Crippen molar-refractivity contribution in [1.82, 2.24) is 15.0 Å². The van der Waals surface area contributed by atoms with Crippen LogP contribution >= 0.6 is 34.2 Å². The molecule has 0 bridgehead atoms. The van der Waals surface area contributed by atoms with Crippen molar-refractivity contribution in [2.45, 2.75) is 6.92 Å². The highest BCUT2D eigenvalue weighted by Crippen LogP contribution is 2.10. The van der Waals surface area contributed by atoms with E-state index in [2.05, 4.69) is 42.9 Å². The second-order valence-electron chi connectivity index (χ2n) is 3.48. The number of hydrogen-bond acceptors (Lipinski definition) is 4. The molecule has 7 heteroatoms. The van der Waals surface area contributed by atoms with Gasteiger partial charge in [-0.1, -0.05) is 0 Å². The zero-order valence-electron chi connectivity index (χ0n) is 9.32. The van der Waals surface area contributed by atoms with Crippen LogP contribution in [0.5, 0.6) is 0 Å². The summed E-state index contributed by atoms with van der Waals surface area (Å²) < 4.78 is 0.992. The van der Waals surface area contributed by atoms with Crippen LogP contribution in [0.15, 0.2) is 24.4 Å². The number of anilines is 1. The fourth-order valence-corrected chi connectivity index (χ4v) is 1.82. The Balaban J connectivity index is 2.19. The third-order valence-electron chi connectivity index (χ3n) is 2.03. The van der Waals surface area contributed by atoms with Crippen molar-refractivity contribution in [2.24, 2.45) is 0 Å². The van der Waals surface area contributed by atoms with E-state index < -0.39 is 0 Å². The van der Waals surface area contributed by atoms with Crippen molar-refractivity contribution >= 4 is 45.9 Å². The fourth-order valence-electron chi connectivity index (χ4n) is 1.28. The number of carbonyl (C=O) groups excluding carboxylic acids is 1. The lowest BCUT2D eigenvalue weighted by Gasteiger charge is -2.04. The summed E-state index contributed by atoms with van der Waals surface area (Å²) in [6.45, 7) is 1.74. The SMILES string of the molecule is Cc1cc(C(=O)Nc2ccc(I)cn2)nc(Cl)n1. The van der Waals surface area contributed by atoms with Gasteiger partial charge in [0, 0.05) is 15.5 Å². The first-order valence-corrected chi connectivity index (χ1v) is 6.44. The van der Waals surface area contributed by atoms with Gasteiger partial charge in [-0.15, -0.1) is 0 Å². The van der Waals surface area contributed by atoms with E-state index in [0.29, 0.717) is 11.5 Å². The van der Waals surface area contributed by atoms with Crippen LogP contribution in [-0.2, 0) is 0 Å². The van der Waals surface area contributed by atoms with Gasteiger partial charge >= 0.3 is 0 Å². The second-order valence-corrected chi connectivity index (χ2v) is 5.06. The molecule has 1 amide bonds. The predicted molar refractivity (Wildman–Crippen MR) is 76.7 cm³/mol. The largest absolute Gasteiger partial charge is 0.305 e. The highest BCUT2D eigenvalue weighted by Gasteiger charge is 2.10. The molecule has 92 valence electrons. The van der Waals surface area contributed by atoms with Crippen LogP contribution in [0.25, 0.3) is 0 Å². The van der Waals surface area contributed by atoms with Crippen LogP contribution in [0, 0.1) is 10.5 Å². The molecule has 0 aliphatic carbocycles. The molecule has 18 heavy (non-hydrogen) atoms. The first kappa shape index (κ1) is 13.2. The Bertz CT molecular complexity index is 568. The third kappa shape index (κ3) is 3.36. The molecule has 0 aromatic carbocycles. The van der Waals surface area contributed by atoms with Gasteiger partial charge in [-0.25, -0.2) is 15.0 Å². The molecule has 0 radical (unpaired) electrons. The minimum atomic E-state index is -0.365. The molecule has 0 saturated heterocycles. The summed E-state index contributed by atoms with van der Waals surface area (Å²) in [6, 6.07) is 5.13. The minimum Gasteiger partial charge on any atom is -0.305 e. The first-order chi connectivity index (χ1) is 8.54. The number of nitrogens with zero attached hydrogens (tertiary/aromatic N) is 3. The average molecular weight is 375 g/mol. The molecule has 2 aromatic rings. The molecule has 0 saturated carbocycles. The molecule has 0 aliphatic heterocycles. The lowest BCUT2D eigenvalue weighted by atomic mass is 10.3. The number of aryl methyl sites for hydroxylation is 1. The normalized spacial score (nSPS) is 10.2. The van der Waals surface area contributed by atoms with Gasteiger partial charge < -0.3 is 5.32 Å². The van der Waals surface area contributed by atoms with Gasteiger partial charge in [0.15, 0.2) is 0 Å². The third-order valence-corrected chi connectivity index (χ3v) is 2.84. The van der Waals surface area contributed by atoms with Gasteiger partial charge in [-0.05, 0) is 59.3 Å². The van der Waals surface area contributed by atoms with Crippen LogP contribution in [0.2, 0.25) is 5.28 Å². The number of hydrogen-bond donors (Lipinski definition) is 1. The number of rotatable bonds is 2. The Morgan fingerprint density at radius 2 is 2.17 bits per heavy atom. The van der Waals surface area contributed by atoms with Crippen molar-refractivity contribution < 1.29 is 4.79 Å². The molecule has 0 fully saturated rings. The Kier molecular flexibility index (Phi) is 4.07. The Labute approximate surface area is 122 Å². The Hall–Kier alpha value is -1.28. The quantitative estimate of drug-likeness (QED) is 0.648. The van der Waals surface area contributed by atoms with E-state index in [0.717, 1.165) is 3.57 Å². The number of aromatic nitrogens is 3. The smallest absolute Gasteiger partial charge is 0.275 e. The van der Waals surface area contributed by atoms with Crippen LogP contribution in [0.3, 0.4) is 0 Å². The lowest BCUT2D eigenvalue weighted by molar-refractivity contribution is 0.102. The Morgan fingerprint density at radius 1 is 1.39 bits per heavy atom. The Morgan fingerprint density at radius 3 is 2.78 bits per heavy atom. The van der Waals surface area contributed by atoms with Gasteiger partial charge in [0.2, 0.25) is 5.28 Å². The lowest BCUT2D eigenvalue weighted by Crippen LogP contribution is -2.15. The summed E-state index contributed by atoms with van der Waals surface area (Å²) in [5.74, 6) is 0.101. The van der Waals surface area contributed by atoms with E-state index in [1.165, 1.54) is 0 Å². The van der Waals surface area contributed by atoms with E-state index in [4.69, 9.17) is 11.6 Å². The van der Waals surface area contributed by atoms with Gasteiger partial charge in [0.25, 0.3) is 5.91 Å². The predicted octanol–water partition coefficient (Wildman–Crippen LogP) is 2.69. The summed E-state index contributed by atoms with van der Waals surface area (Å²) in [7, 11) is 0. The van der Waals surface area contributed by atoms with E-state index in [9.17, 15) is 4.79 Å². The molecular formula is C11H8ClIN4O. The number of halogens is 2. The van der Waals surface area contributed by atoms with Gasteiger partial charge in [-0.2, -0.15) is 0 Å². The standard InChI is InChI=1S/C11H8ClIN4O/c1-6-4-8(16-11(12)15-6)10(18)17-9-3-2-7(13)5-14-9/h2-5H,1H3,(H,14,17,18). The fraction of sp³-hybridized carbons (Fsp3) is 0.0909. The summed E-state index contributed by atoms with van der Waals surface area (Å²) in [5, 5.41) is 2.69. The van der Waals surface area contributed by atoms with Crippen LogP contribution in [-0.4, -0.2) is 20.9 Å². The highest BCUT2D eigenvalue weighted by atomic mass is 127. The maximum absolute atomic E-state index is 11.9. The van der Waals surface area contributed by atoms with Crippen molar-refractivity contribution in [2.75, 3.05) is 5.32 Å². The minimum absolute atomic E-state index is 0.0516. The highest BCUT2D eigenvalue weighted by molar-refractivity contribution is 14.1. The number of carbonyl (C=O) groups is 1. The summed E-state index contributed by atoms with van der Waals surface area (Å²) in [4.78, 5) is 23.7. The summed E-state index contributed by atoms with van der Waals surface area (Å²) >= 11 is 7.84. The van der Waals surface area contributed by atoms with Gasteiger partial charge in [0.1, 0.15) is 11.5 Å². The zero-order chi connectivity index (χ0) is 13.1. The molecule has 1 N–H and O–H groups in total. The summed E-state index contributed by atoms with van der Waals surface area (Å²) in [5.41, 5.74) is 0.851. The van der Waals surface area contributed by atoms with Crippen LogP contribution < -0.4 is 5.32 Å². The zero-order valence-corrected chi connectivity index (χ0v) is 12.2. The molecule has 2 heterocycles. The molecule has 0 spiro atoms. The number of pyridine rings is 1. The molecule has 2 aromatic heterocycles. The molecule has 5 nitrogen and oxygen atoms in total. The van der Waals surface area contributed by atoms with Gasteiger partial charge in [-0.3, -0.25) is 4.79 Å². The van der Waals surface area contributed by atoms with Crippen molar-refractivity contribution in [1.29, 1.82) is 0 Å². The monoisotopic (exact) mass is 374 g/mol. The number of nitrogens with one attached hydrogen (secondary N) is 1. The maximum Gasteiger partial charge on any atom is 0.275 e.